The van der Waals surface area contributed by atoms with Gasteiger partial charge in [-0.1, -0.05) is 19.9 Å². The van der Waals surface area contributed by atoms with Gasteiger partial charge in [0.1, 0.15) is 0 Å². The maximum absolute atomic E-state index is 5.90. The Labute approximate surface area is 118 Å². The van der Waals surface area contributed by atoms with E-state index >= 15 is 0 Å². The molecule has 1 aliphatic rings. The highest BCUT2D eigenvalue weighted by atomic mass is 15.2. The Morgan fingerprint density at radius 2 is 1.95 bits per heavy atom. The second-order valence-electron chi connectivity index (χ2n) is 6.57. The van der Waals surface area contributed by atoms with Crippen LogP contribution in [-0.2, 0) is 6.42 Å². The third-order valence-corrected chi connectivity index (χ3v) is 3.75. The van der Waals surface area contributed by atoms with E-state index in [1.807, 2.05) is 0 Å². The third kappa shape index (κ3) is 3.97. The molecule has 0 aromatic heterocycles. The molecule has 2 nitrogen and oxygen atoms in total. The van der Waals surface area contributed by atoms with E-state index in [1.165, 1.54) is 29.7 Å². The Balaban J connectivity index is 2.16. The molecule has 1 saturated carbocycles. The van der Waals surface area contributed by atoms with Crippen molar-refractivity contribution in [1.82, 2.24) is 0 Å². The van der Waals surface area contributed by atoms with Gasteiger partial charge in [0.25, 0.3) is 0 Å². The summed E-state index contributed by atoms with van der Waals surface area (Å²) in [6, 6.07) is 7.91. The molecule has 0 radical (unpaired) electrons. The number of nitrogens with zero attached hydrogens (tertiary/aromatic N) is 1. The van der Waals surface area contributed by atoms with Crippen LogP contribution in [0.25, 0.3) is 0 Å². The average molecular weight is 260 g/mol. The number of hydrogen-bond donors (Lipinski definition) is 1. The van der Waals surface area contributed by atoms with Crippen LogP contribution in [0.3, 0.4) is 0 Å². The van der Waals surface area contributed by atoms with Crippen LogP contribution < -0.4 is 10.6 Å². The fourth-order valence-electron chi connectivity index (χ4n) is 2.68. The molecule has 0 heterocycles. The maximum Gasteiger partial charge on any atom is 0.0371 e. The van der Waals surface area contributed by atoms with Gasteiger partial charge in [-0.05, 0) is 62.3 Å². The van der Waals surface area contributed by atoms with Crippen molar-refractivity contribution in [3.63, 3.8) is 0 Å². The Kier molecular flexibility index (Phi) is 4.51. The van der Waals surface area contributed by atoms with Crippen molar-refractivity contribution in [1.29, 1.82) is 0 Å². The van der Waals surface area contributed by atoms with E-state index in [2.05, 4.69) is 50.8 Å². The van der Waals surface area contributed by atoms with Crippen LogP contribution in [0.1, 0.15) is 44.7 Å². The first-order valence-corrected chi connectivity index (χ1v) is 7.59. The summed E-state index contributed by atoms with van der Waals surface area (Å²) in [6.07, 6.45) is 3.68. The van der Waals surface area contributed by atoms with E-state index in [0.29, 0.717) is 5.92 Å². The second-order valence-corrected chi connectivity index (χ2v) is 6.57. The number of rotatable bonds is 6. The lowest BCUT2D eigenvalue weighted by molar-refractivity contribution is 0.607. The minimum Gasteiger partial charge on any atom is -0.368 e. The van der Waals surface area contributed by atoms with Crippen molar-refractivity contribution in [3.8, 4) is 0 Å². The van der Waals surface area contributed by atoms with Crippen molar-refractivity contribution in [2.75, 3.05) is 11.4 Å². The van der Waals surface area contributed by atoms with Gasteiger partial charge in [0.05, 0.1) is 0 Å². The lowest BCUT2D eigenvalue weighted by Gasteiger charge is -2.27. The molecule has 19 heavy (non-hydrogen) atoms. The first-order chi connectivity index (χ1) is 8.97. The Morgan fingerprint density at radius 1 is 1.26 bits per heavy atom. The Bertz CT molecular complexity index is 419. The molecule has 1 unspecified atom stereocenters. The van der Waals surface area contributed by atoms with Gasteiger partial charge in [-0.3, -0.25) is 0 Å². The Hall–Kier alpha value is -1.02. The molecule has 1 aromatic carbocycles. The number of benzene rings is 1. The van der Waals surface area contributed by atoms with Gasteiger partial charge in [-0.2, -0.15) is 0 Å². The number of hydrogen-bond acceptors (Lipinski definition) is 2. The fraction of sp³-hybridized carbons (Fsp3) is 0.647. The van der Waals surface area contributed by atoms with E-state index in [4.69, 9.17) is 5.73 Å². The van der Waals surface area contributed by atoms with E-state index in [-0.39, 0.29) is 6.04 Å². The molecule has 1 aromatic rings. The summed E-state index contributed by atoms with van der Waals surface area (Å²) in [5.41, 5.74) is 10.1. The second kappa shape index (κ2) is 5.96. The van der Waals surface area contributed by atoms with Gasteiger partial charge in [0, 0.05) is 24.3 Å². The molecule has 0 amide bonds. The van der Waals surface area contributed by atoms with Gasteiger partial charge >= 0.3 is 0 Å². The van der Waals surface area contributed by atoms with Gasteiger partial charge in [0.15, 0.2) is 0 Å². The fourth-order valence-corrected chi connectivity index (χ4v) is 2.68. The quantitative estimate of drug-likeness (QED) is 0.848. The minimum atomic E-state index is 0.236. The largest absolute Gasteiger partial charge is 0.368 e. The van der Waals surface area contributed by atoms with Crippen molar-refractivity contribution in [2.24, 2.45) is 11.7 Å². The Morgan fingerprint density at radius 3 is 2.42 bits per heavy atom. The molecule has 106 valence electrons. The lowest BCUT2D eigenvalue weighted by atomic mass is 10.0. The van der Waals surface area contributed by atoms with Gasteiger partial charge in [-0.25, -0.2) is 0 Å². The predicted octanol–water partition coefficient (Wildman–Crippen LogP) is 3.51. The number of anilines is 1. The van der Waals surface area contributed by atoms with Crippen molar-refractivity contribution < 1.29 is 0 Å². The monoisotopic (exact) mass is 260 g/mol. The third-order valence-electron chi connectivity index (χ3n) is 3.75. The summed E-state index contributed by atoms with van der Waals surface area (Å²) in [6.45, 7) is 10.0. The van der Waals surface area contributed by atoms with Crippen molar-refractivity contribution in [3.05, 3.63) is 29.3 Å². The summed E-state index contributed by atoms with van der Waals surface area (Å²) in [5, 5.41) is 0. The predicted molar refractivity (Wildman–Crippen MR) is 83.7 cm³/mol. The molecular weight excluding hydrogens is 232 g/mol. The molecule has 1 atom stereocenters. The molecule has 2 rings (SSSR count). The minimum absolute atomic E-state index is 0.236. The van der Waals surface area contributed by atoms with E-state index in [9.17, 15) is 0 Å². The highest BCUT2D eigenvalue weighted by molar-refractivity contribution is 5.52. The van der Waals surface area contributed by atoms with Crippen LogP contribution in [0.15, 0.2) is 18.2 Å². The van der Waals surface area contributed by atoms with Gasteiger partial charge in [0.2, 0.25) is 0 Å². The maximum atomic E-state index is 5.90. The van der Waals surface area contributed by atoms with E-state index < -0.39 is 0 Å². The highest BCUT2D eigenvalue weighted by Gasteiger charge is 2.29. The van der Waals surface area contributed by atoms with E-state index in [0.717, 1.165) is 19.0 Å². The molecule has 2 N–H and O–H groups in total. The van der Waals surface area contributed by atoms with E-state index in [1.54, 1.807) is 0 Å². The van der Waals surface area contributed by atoms with Crippen LogP contribution in [-0.4, -0.2) is 18.6 Å². The average Bonchev–Trinajstić information content (AvgIpc) is 3.12. The molecule has 0 aliphatic heterocycles. The molecule has 2 heteroatoms. The summed E-state index contributed by atoms with van der Waals surface area (Å²) < 4.78 is 0. The van der Waals surface area contributed by atoms with Gasteiger partial charge in [-0.15, -0.1) is 0 Å². The molecule has 1 aliphatic carbocycles. The van der Waals surface area contributed by atoms with Crippen LogP contribution >= 0.6 is 0 Å². The van der Waals surface area contributed by atoms with Crippen LogP contribution in [0.5, 0.6) is 0 Å². The summed E-state index contributed by atoms with van der Waals surface area (Å²) in [7, 11) is 0. The normalized spacial score (nSPS) is 16.7. The molecule has 0 bridgehead atoms. The number of aryl methyl sites for hydroxylation is 1. The summed E-state index contributed by atoms with van der Waals surface area (Å²) in [5.74, 6) is 0.713. The topological polar surface area (TPSA) is 29.3 Å². The first-order valence-electron chi connectivity index (χ1n) is 7.59. The molecular formula is C17H28N2. The SMILES string of the molecule is Cc1cc(N(CC(C)C)C2CC2)ccc1CC(C)N. The standard InChI is InChI=1S/C17H28N2/c1-12(2)11-19(16-7-8-16)17-6-5-15(10-14(4)18)13(3)9-17/h5-6,9,12,14,16H,7-8,10-11,18H2,1-4H3. The zero-order chi connectivity index (χ0) is 14.0. The first kappa shape index (κ1) is 14.4. The molecule has 0 spiro atoms. The van der Waals surface area contributed by atoms with Crippen molar-refractivity contribution in [2.45, 2.75) is 59.0 Å². The summed E-state index contributed by atoms with van der Waals surface area (Å²) >= 11 is 0. The summed E-state index contributed by atoms with van der Waals surface area (Å²) in [4.78, 5) is 2.59. The zero-order valence-corrected chi connectivity index (χ0v) is 12.8. The smallest absolute Gasteiger partial charge is 0.0371 e. The van der Waals surface area contributed by atoms with Gasteiger partial charge < -0.3 is 10.6 Å². The van der Waals surface area contributed by atoms with Crippen LogP contribution in [0, 0.1) is 12.8 Å². The van der Waals surface area contributed by atoms with Crippen molar-refractivity contribution >= 4 is 5.69 Å². The highest BCUT2D eigenvalue weighted by Crippen LogP contribution is 2.33. The van der Waals surface area contributed by atoms with Crippen LogP contribution in [0.4, 0.5) is 5.69 Å². The molecule has 0 saturated heterocycles. The molecule has 1 fully saturated rings. The van der Waals surface area contributed by atoms with Crippen LogP contribution in [0.2, 0.25) is 0 Å². The zero-order valence-electron chi connectivity index (χ0n) is 12.8. The lowest BCUT2D eigenvalue weighted by Crippen LogP contribution is -2.29. The number of nitrogens with two attached hydrogens (primary N) is 1.